The lowest BCUT2D eigenvalue weighted by Gasteiger charge is -2.33. The van der Waals surface area contributed by atoms with Crippen LogP contribution in [0.3, 0.4) is 0 Å². The number of nitrogens with zero attached hydrogens (tertiary/aromatic N) is 6. The first kappa shape index (κ1) is 16.7. The highest BCUT2D eigenvalue weighted by Crippen LogP contribution is 2.28. The minimum absolute atomic E-state index is 0.725. The zero-order valence-corrected chi connectivity index (χ0v) is 16.0. The van der Waals surface area contributed by atoms with Crippen LogP contribution in [-0.4, -0.2) is 50.8 Å². The third-order valence-electron chi connectivity index (χ3n) is 4.69. The number of hydrogen-bond donors (Lipinski definition) is 0. The summed E-state index contributed by atoms with van der Waals surface area (Å²) in [5, 5.41) is 10.5. The van der Waals surface area contributed by atoms with Gasteiger partial charge in [-0.3, -0.25) is 4.90 Å². The van der Waals surface area contributed by atoms with E-state index in [1.807, 2.05) is 41.0 Å². The quantitative estimate of drug-likeness (QED) is 0.523. The molecule has 0 amide bonds. The van der Waals surface area contributed by atoms with Gasteiger partial charge in [-0.25, -0.2) is 9.50 Å². The predicted octanol–water partition coefficient (Wildman–Crippen LogP) is 3.42. The lowest BCUT2D eigenvalue weighted by atomic mass is 10.2. The van der Waals surface area contributed by atoms with Gasteiger partial charge in [0.2, 0.25) is 10.1 Å². The Morgan fingerprint density at radius 3 is 2.59 bits per heavy atom. The van der Waals surface area contributed by atoms with E-state index in [4.69, 9.17) is 26.2 Å². The van der Waals surface area contributed by atoms with Crippen LogP contribution in [0.4, 0.5) is 5.13 Å². The number of halogens is 1. The van der Waals surface area contributed by atoms with E-state index in [1.54, 1.807) is 17.6 Å². The van der Waals surface area contributed by atoms with Crippen molar-refractivity contribution in [3.05, 3.63) is 53.5 Å². The smallest absolute Gasteiger partial charge is 0.214 e. The first-order valence-corrected chi connectivity index (χ1v) is 9.93. The second kappa shape index (κ2) is 6.95. The lowest BCUT2D eigenvalue weighted by Crippen LogP contribution is -2.46. The van der Waals surface area contributed by atoms with Gasteiger partial charge in [-0.15, -0.1) is 5.10 Å². The Bertz CT molecular complexity index is 1000. The van der Waals surface area contributed by atoms with Gasteiger partial charge in [0.05, 0.1) is 17.6 Å². The van der Waals surface area contributed by atoms with Crippen molar-refractivity contribution >= 4 is 33.0 Å². The molecule has 4 aromatic rings. The maximum absolute atomic E-state index is 5.96. The highest BCUT2D eigenvalue weighted by atomic mass is 35.5. The minimum Gasteiger partial charge on any atom is -0.364 e. The molecule has 1 aromatic carbocycles. The van der Waals surface area contributed by atoms with Gasteiger partial charge in [-0.05, 0) is 12.1 Å². The molecule has 0 spiro atoms. The normalized spacial score (nSPS) is 15.7. The molecule has 0 atom stereocenters. The fraction of sp³-hybridized carbons (Fsp3) is 0.278. The van der Waals surface area contributed by atoms with Crippen molar-refractivity contribution in [2.45, 2.75) is 6.54 Å². The first-order valence-electron chi connectivity index (χ1n) is 8.73. The summed E-state index contributed by atoms with van der Waals surface area (Å²) in [6.45, 7) is 4.67. The van der Waals surface area contributed by atoms with Gasteiger partial charge in [-0.2, -0.15) is 0 Å². The molecule has 1 fully saturated rings. The fourth-order valence-corrected chi connectivity index (χ4v) is 4.28. The molecule has 138 valence electrons. The van der Waals surface area contributed by atoms with Crippen molar-refractivity contribution < 1.29 is 4.52 Å². The summed E-state index contributed by atoms with van der Waals surface area (Å²) in [5.41, 5.74) is 2.93. The molecule has 1 saturated heterocycles. The minimum atomic E-state index is 0.725. The molecule has 9 heteroatoms. The zero-order chi connectivity index (χ0) is 18.2. The second-order valence-corrected chi connectivity index (χ2v) is 7.87. The van der Waals surface area contributed by atoms with Gasteiger partial charge in [0.25, 0.3) is 0 Å². The van der Waals surface area contributed by atoms with E-state index in [0.717, 1.165) is 64.8 Å². The van der Waals surface area contributed by atoms with E-state index >= 15 is 0 Å². The van der Waals surface area contributed by atoms with Gasteiger partial charge in [0.15, 0.2) is 0 Å². The summed E-state index contributed by atoms with van der Waals surface area (Å²) in [6, 6.07) is 9.62. The maximum atomic E-state index is 5.96. The van der Waals surface area contributed by atoms with Gasteiger partial charge >= 0.3 is 0 Å². The Balaban J connectivity index is 1.27. The molecule has 1 aliphatic heterocycles. The van der Waals surface area contributed by atoms with E-state index < -0.39 is 0 Å². The van der Waals surface area contributed by atoms with E-state index in [1.165, 1.54) is 0 Å². The molecule has 0 bridgehead atoms. The molecule has 1 aliphatic rings. The Labute approximate surface area is 164 Å². The fourth-order valence-electron chi connectivity index (χ4n) is 3.22. The first-order chi connectivity index (χ1) is 13.2. The van der Waals surface area contributed by atoms with Crippen LogP contribution in [0.5, 0.6) is 0 Å². The van der Waals surface area contributed by atoms with Crippen LogP contribution in [0.2, 0.25) is 5.02 Å². The highest BCUT2D eigenvalue weighted by molar-refractivity contribution is 7.20. The molecule has 0 N–H and O–H groups in total. The van der Waals surface area contributed by atoms with Crippen molar-refractivity contribution in [3.63, 3.8) is 0 Å². The molecule has 0 unspecified atom stereocenters. The molecule has 0 radical (unpaired) electrons. The molecular weight excluding hydrogens is 384 g/mol. The zero-order valence-electron chi connectivity index (χ0n) is 14.5. The predicted molar refractivity (Wildman–Crippen MR) is 105 cm³/mol. The van der Waals surface area contributed by atoms with Crippen molar-refractivity contribution in [2.75, 3.05) is 31.1 Å². The SMILES string of the molecule is Clc1ccc(-c2cn3nc(N4CCN(Cc5ccon5)CC4)sc3n2)cc1. The van der Waals surface area contributed by atoms with Crippen molar-refractivity contribution in [1.82, 2.24) is 24.7 Å². The third-order valence-corrected chi connectivity index (χ3v) is 5.93. The number of imidazole rings is 1. The molecular formula is C18H17ClN6OS. The Morgan fingerprint density at radius 2 is 1.89 bits per heavy atom. The molecule has 0 saturated carbocycles. The summed E-state index contributed by atoms with van der Waals surface area (Å²) in [6.07, 6.45) is 3.59. The summed E-state index contributed by atoms with van der Waals surface area (Å²) in [5.74, 6) is 0. The molecule has 4 heterocycles. The highest BCUT2D eigenvalue weighted by Gasteiger charge is 2.21. The number of aromatic nitrogens is 4. The van der Waals surface area contributed by atoms with Crippen LogP contribution in [0, 0.1) is 0 Å². The van der Waals surface area contributed by atoms with Crippen LogP contribution >= 0.6 is 22.9 Å². The maximum Gasteiger partial charge on any atom is 0.214 e. The van der Waals surface area contributed by atoms with Gasteiger partial charge in [0, 0.05) is 49.4 Å². The molecule has 5 rings (SSSR count). The average molecular weight is 401 g/mol. The Morgan fingerprint density at radius 1 is 1.07 bits per heavy atom. The summed E-state index contributed by atoms with van der Waals surface area (Å²) >= 11 is 7.58. The number of hydrogen-bond acceptors (Lipinski definition) is 7. The van der Waals surface area contributed by atoms with E-state index in [2.05, 4.69) is 15.0 Å². The van der Waals surface area contributed by atoms with Crippen LogP contribution in [0.1, 0.15) is 5.69 Å². The van der Waals surface area contributed by atoms with Gasteiger partial charge in [0.1, 0.15) is 6.26 Å². The lowest BCUT2D eigenvalue weighted by molar-refractivity contribution is 0.242. The third kappa shape index (κ3) is 3.43. The van der Waals surface area contributed by atoms with Crippen molar-refractivity contribution in [2.24, 2.45) is 0 Å². The molecule has 7 nitrogen and oxygen atoms in total. The molecule has 3 aromatic heterocycles. The van der Waals surface area contributed by atoms with Crippen molar-refractivity contribution in [1.29, 1.82) is 0 Å². The number of anilines is 1. The summed E-state index contributed by atoms with van der Waals surface area (Å²) < 4.78 is 6.77. The van der Waals surface area contributed by atoms with Crippen LogP contribution in [-0.2, 0) is 6.54 Å². The van der Waals surface area contributed by atoms with Crippen molar-refractivity contribution in [3.8, 4) is 11.3 Å². The van der Waals surface area contributed by atoms with Gasteiger partial charge in [-0.1, -0.05) is 40.2 Å². The van der Waals surface area contributed by atoms with E-state index in [-0.39, 0.29) is 0 Å². The van der Waals surface area contributed by atoms with E-state index in [9.17, 15) is 0 Å². The number of fused-ring (bicyclic) bond motifs is 1. The molecule has 0 aliphatic carbocycles. The summed E-state index contributed by atoms with van der Waals surface area (Å²) in [7, 11) is 0. The Hall–Kier alpha value is -2.42. The summed E-state index contributed by atoms with van der Waals surface area (Å²) in [4.78, 5) is 10.3. The molecule has 27 heavy (non-hydrogen) atoms. The van der Waals surface area contributed by atoms with Crippen LogP contribution < -0.4 is 4.90 Å². The van der Waals surface area contributed by atoms with Gasteiger partial charge < -0.3 is 9.42 Å². The van der Waals surface area contributed by atoms with Crippen LogP contribution in [0.25, 0.3) is 16.2 Å². The number of piperazine rings is 1. The second-order valence-electron chi connectivity index (χ2n) is 6.50. The number of benzene rings is 1. The topological polar surface area (TPSA) is 62.7 Å². The van der Waals surface area contributed by atoms with Crippen LogP contribution in [0.15, 0.2) is 47.3 Å². The Kier molecular flexibility index (Phi) is 4.31. The average Bonchev–Trinajstić information content (AvgIpc) is 3.39. The monoisotopic (exact) mass is 400 g/mol. The number of rotatable bonds is 4. The largest absolute Gasteiger partial charge is 0.364 e. The van der Waals surface area contributed by atoms with E-state index in [0.29, 0.717) is 0 Å². The standard InChI is InChI=1S/C18H17ClN6OS/c19-14-3-1-13(2-4-14)16-12-25-17(20-16)27-18(21-25)24-8-6-23(7-9-24)11-15-5-10-26-22-15/h1-5,10,12H,6-9,11H2.